The van der Waals surface area contributed by atoms with Crippen LogP contribution in [-0.2, 0) is 18.9 Å². The molecule has 1 aromatic carbocycles. The standard InChI is InChI=1S/C17H18BrNO6/c1-10-14(24-16(20)22-2)13(11-7-5-4-6-8-11)15(12(9-18)19-10)25-17(21)23-3/h4-8,13,19H,9H2,1-3H3. The van der Waals surface area contributed by atoms with Crippen LogP contribution in [0.25, 0.3) is 0 Å². The van der Waals surface area contributed by atoms with E-state index in [1.54, 1.807) is 6.92 Å². The van der Waals surface area contributed by atoms with Gasteiger partial charge in [0.2, 0.25) is 0 Å². The largest absolute Gasteiger partial charge is 0.513 e. The summed E-state index contributed by atoms with van der Waals surface area (Å²) in [6.07, 6.45) is -1.73. The van der Waals surface area contributed by atoms with Crippen molar-refractivity contribution in [3.8, 4) is 0 Å². The third-order valence-electron chi connectivity index (χ3n) is 3.52. The molecular formula is C17H18BrNO6. The molecule has 1 aliphatic rings. The first-order valence-electron chi connectivity index (χ1n) is 7.35. The highest BCUT2D eigenvalue weighted by molar-refractivity contribution is 9.09. The van der Waals surface area contributed by atoms with Crippen molar-refractivity contribution in [3.05, 3.63) is 58.8 Å². The van der Waals surface area contributed by atoms with Crippen LogP contribution in [0.15, 0.2) is 53.2 Å². The first kappa shape index (κ1) is 18.9. The first-order valence-corrected chi connectivity index (χ1v) is 8.47. The zero-order chi connectivity index (χ0) is 18.4. The number of alkyl halides is 1. The van der Waals surface area contributed by atoms with Gasteiger partial charge in [-0.05, 0) is 12.5 Å². The molecule has 1 aliphatic heterocycles. The molecule has 1 atom stereocenters. The molecule has 0 amide bonds. The van der Waals surface area contributed by atoms with Crippen LogP contribution < -0.4 is 5.32 Å². The van der Waals surface area contributed by atoms with Gasteiger partial charge in [-0.15, -0.1) is 0 Å². The fourth-order valence-electron chi connectivity index (χ4n) is 2.43. The Hall–Kier alpha value is -2.48. The lowest BCUT2D eigenvalue weighted by molar-refractivity contribution is 0.0786. The van der Waals surface area contributed by atoms with E-state index in [4.69, 9.17) is 9.47 Å². The number of rotatable bonds is 4. The number of dihydropyridines is 1. The van der Waals surface area contributed by atoms with Crippen molar-refractivity contribution >= 4 is 28.2 Å². The molecule has 0 radical (unpaired) electrons. The smallest absolute Gasteiger partial charge is 0.437 e. The van der Waals surface area contributed by atoms with Gasteiger partial charge in [-0.2, -0.15) is 0 Å². The molecule has 1 heterocycles. The summed E-state index contributed by atoms with van der Waals surface area (Å²) >= 11 is 3.37. The van der Waals surface area contributed by atoms with E-state index in [0.29, 0.717) is 16.7 Å². The Balaban J connectivity index is 2.55. The molecule has 7 nitrogen and oxygen atoms in total. The maximum absolute atomic E-state index is 11.7. The van der Waals surface area contributed by atoms with Crippen LogP contribution in [0.5, 0.6) is 0 Å². The van der Waals surface area contributed by atoms with E-state index in [-0.39, 0.29) is 11.5 Å². The van der Waals surface area contributed by atoms with Gasteiger partial charge in [0.25, 0.3) is 0 Å². The minimum absolute atomic E-state index is 0.277. The number of halogens is 1. The Labute approximate surface area is 153 Å². The SMILES string of the molecule is COC(=O)OC1=C(C)NC(CBr)=C(OC(=O)OC)C1c1ccccc1. The summed E-state index contributed by atoms with van der Waals surface area (Å²) in [7, 11) is 2.44. The van der Waals surface area contributed by atoms with Crippen molar-refractivity contribution in [1.29, 1.82) is 0 Å². The maximum Gasteiger partial charge on any atom is 0.513 e. The lowest BCUT2D eigenvalue weighted by atomic mass is 9.90. The highest BCUT2D eigenvalue weighted by Crippen LogP contribution is 2.39. The second-order valence-electron chi connectivity index (χ2n) is 5.05. The number of carbonyl (C=O) groups is 2. The summed E-state index contributed by atoms with van der Waals surface area (Å²) in [6, 6.07) is 9.22. The molecule has 2 rings (SSSR count). The number of carbonyl (C=O) groups excluding carboxylic acids is 2. The number of benzene rings is 1. The number of methoxy groups -OCH3 is 2. The Bertz CT molecular complexity index is 713. The van der Waals surface area contributed by atoms with E-state index in [9.17, 15) is 9.59 Å². The predicted molar refractivity (Wildman–Crippen MR) is 92.8 cm³/mol. The van der Waals surface area contributed by atoms with Gasteiger partial charge in [0.1, 0.15) is 17.4 Å². The number of hydrogen-bond acceptors (Lipinski definition) is 7. The summed E-state index contributed by atoms with van der Waals surface area (Å²) < 4.78 is 19.9. The van der Waals surface area contributed by atoms with Gasteiger partial charge in [-0.3, -0.25) is 0 Å². The van der Waals surface area contributed by atoms with Gasteiger partial charge < -0.3 is 24.3 Å². The average molecular weight is 412 g/mol. The molecule has 25 heavy (non-hydrogen) atoms. The van der Waals surface area contributed by atoms with Crippen molar-refractivity contribution in [1.82, 2.24) is 5.32 Å². The Kier molecular flexibility index (Phi) is 6.46. The van der Waals surface area contributed by atoms with Gasteiger partial charge in [0, 0.05) is 5.33 Å². The van der Waals surface area contributed by atoms with Crippen LogP contribution in [0.1, 0.15) is 18.4 Å². The third-order valence-corrected chi connectivity index (χ3v) is 4.08. The number of nitrogens with one attached hydrogen (secondary N) is 1. The Morgan fingerprint density at radius 2 is 1.60 bits per heavy atom. The molecule has 134 valence electrons. The van der Waals surface area contributed by atoms with Gasteiger partial charge in [0.05, 0.1) is 25.6 Å². The summed E-state index contributed by atoms with van der Waals surface area (Å²) in [5.74, 6) is -0.0609. The van der Waals surface area contributed by atoms with Gasteiger partial charge in [-0.1, -0.05) is 46.3 Å². The Morgan fingerprint density at radius 3 is 2.12 bits per heavy atom. The molecule has 1 aromatic rings. The first-order chi connectivity index (χ1) is 12.0. The summed E-state index contributed by atoms with van der Waals surface area (Å²) in [4.78, 5) is 23.4. The fraction of sp³-hybridized carbons (Fsp3) is 0.294. The van der Waals surface area contributed by atoms with E-state index in [0.717, 1.165) is 5.56 Å². The number of allylic oxidation sites excluding steroid dienone is 2. The highest BCUT2D eigenvalue weighted by atomic mass is 79.9. The second kappa shape index (κ2) is 8.57. The van der Waals surface area contributed by atoms with E-state index in [2.05, 4.69) is 30.7 Å². The molecule has 0 fully saturated rings. The predicted octanol–water partition coefficient (Wildman–Crippen LogP) is 3.78. The van der Waals surface area contributed by atoms with Crippen molar-refractivity contribution in [2.75, 3.05) is 19.5 Å². The molecule has 0 spiro atoms. The minimum Gasteiger partial charge on any atom is -0.437 e. The van der Waals surface area contributed by atoms with Crippen LogP contribution in [0.4, 0.5) is 9.59 Å². The molecule has 0 saturated carbocycles. The average Bonchev–Trinajstić information content (AvgIpc) is 2.64. The van der Waals surface area contributed by atoms with Crippen LogP contribution in [0.3, 0.4) is 0 Å². The maximum atomic E-state index is 11.7. The zero-order valence-electron chi connectivity index (χ0n) is 14.0. The minimum atomic E-state index is -0.867. The quantitative estimate of drug-likeness (QED) is 0.595. The molecule has 1 unspecified atom stereocenters. The second-order valence-corrected chi connectivity index (χ2v) is 5.61. The fourth-order valence-corrected chi connectivity index (χ4v) is 2.84. The van der Waals surface area contributed by atoms with Crippen LogP contribution >= 0.6 is 15.9 Å². The van der Waals surface area contributed by atoms with E-state index < -0.39 is 18.2 Å². The summed E-state index contributed by atoms with van der Waals surface area (Å²) in [5, 5.41) is 3.47. The molecular weight excluding hydrogens is 394 g/mol. The van der Waals surface area contributed by atoms with E-state index >= 15 is 0 Å². The normalized spacial score (nSPS) is 16.9. The van der Waals surface area contributed by atoms with E-state index in [1.807, 2.05) is 30.3 Å². The van der Waals surface area contributed by atoms with Gasteiger partial charge in [0.15, 0.2) is 0 Å². The van der Waals surface area contributed by atoms with E-state index in [1.165, 1.54) is 14.2 Å². The Morgan fingerprint density at radius 1 is 1.04 bits per heavy atom. The number of ether oxygens (including phenoxy) is 4. The van der Waals surface area contributed by atoms with Gasteiger partial charge in [-0.25, -0.2) is 9.59 Å². The van der Waals surface area contributed by atoms with Crippen molar-refractivity contribution in [2.45, 2.75) is 12.8 Å². The lowest BCUT2D eigenvalue weighted by Crippen LogP contribution is -2.30. The van der Waals surface area contributed by atoms with Crippen LogP contribution in [-0.4, -0.2) is 31.9 Å². The monoisotopic (exact) mass is 411 g/mol. The molecule has 0 aromatic heterocycles. The molecule has 0 saturated heterocycles. The lowest BCUT2D eigenvalue weighted by Gasteiger charge is -2.30. The van der Waals surface area contributed by atoms with Crippen LogP contribution in [0.2, 0.25) is 0 Å². The third kappa shape index (κ3) is 4.33. The topological polar surface area (TPSA) is 83.1 Å². The molecule has 0 aliphatic carbocycles. The zero-order valence-corrected chi connectivity index (χ0v) is 15.6. The molecule has 0 bridgehead atoms. The molecule has 1 N–H and O–H groups in total. The van der Waals surface area contributed by atoms with Crippen molar-refractivity contribution < 1.29 is 28.5 Å². The highest BCUT2D eigenvalue weighted by Gasteiger charge is 2.36. The van der Waals surface area contributed by atoms with Gasteiger partial charge >= 0.3 is 12.3 Å². The van der Waals surface area contributed by atoms with Crippen molar-refractivity contribution in [2.24, 2.45) is 0 Å². The summed E-state index contributed by atoms with van der Waals surface area (Å²) in [5.41, 5.74) is 2.00. The van der Waals surface area contributed by atoms with Crippen LogP contribution in [0, 0.1) is 0 Å². The number of hydrogen-bond donors (Lipinski definition) is 1. The summed E-state index contributed by atoms with van der Waals surface area (Å²) in [6.45, 7) is 1.76. The van der Waals surface area contributed by atoms with Crippen molar-refractivity contribution in [3.63, 3.8) is 0 Å². The molecule has 8 heteroatoms.